The minimum absolute atomic E-state index is 0.293. The number of benzene rings is 1. The fourth-order valence-electron chi connectivity index (χ4n) is 3.54. The smallest absolute Gasteiger partial charge is 0.127 e. The van der Waals surface area contributed by atoms with Crippen molar-refractivity contribution in [3.05, 3.63) is 28.3 Å². The van der Waals surface area contributed by atoms with Crippen LogP contribution in [0.15, 0.2) is 12.1 Å². The lowest BCUT2D eigenvalue weighted by atomic mass is 9.90. The van der Waals surface area contributed by atoms with Crippen molar-refractivity contribution in [3.8, 4) is 5.75 Å². The van der Waals surface area contributed by atoms with E-state index in [1.807, 2.05) is 12.1 Å². The van der Waals surface area contributed by atoms with Gasteiger partial charge in [-0.3, -0.25) is 4.90 Å². The number of ether oxygens (including phenoxy) is 1. The molecule has 1 saturated carbocycles. The van der Waals surface area contributed by atoms with E-state index in [1.54, 1.807) is 0 Å². The zero-order valence-electron chi connectivity index (χ0n) is 12.1. The van der Waals surface area contributed by atoms with Crippen LogP contribution in [0.25, 0.3) is 0 Å². The van der Waals surface area contributed by atoms with Crippen LogP contribution in [0.3, 0.4) is 0 Å². The molecule has 2 atom stereocenters. The molecule has 2 unspecified atom stereocenters. The normalized spacial score (nSPS) is 25.6. The fraction of sp³-hybridized carbons (Fsp3) is 0.625. The number of rotatable bonds is 3. The maximum absolute atomic E-state index is 6.28. The summed E-state index contributed by atoms with van der Waals surface area (Å²) in [5.41, 5.74) is 8.72. The summed E-state index contributed by atoms with van der Waals surface area (Å²) in [5.74, 6) is 1.05. The molecule has 110 valence electrons. The zero-order valence-corrected chi connectivity index (χ0v) is 12.8. The summed E-state index contributed by atoms with van der Waals surface area (Å²) in [4.78, 5) is 2.37. The highest BCUT2D eigenvalue weighted by atomic mass is 35.5. The van der Waals surface area contributed by atoms with Crippen LogP contribution in [0.5, 0.6) is 5.75 Å². The van der Waals surface area contributed by atoms with E-state index in [1.165, 1.54) is 30.4 Å². The molecule has 1 aliphatic heterocycles. The van der Waals surface area contributed by atoms with Crippen LogP contribution < -0.4 is 10.5 Å². The van der Waals surface area contributed by atoms with Gasteiger partial charge in [-0.05, 0) is 37.6 Å². The maximum Gasteiger partial charge on any atom is 0.127 e. The van der Waals surface area contributed by atoms with Crippen LogP contribution in [0.4, 0.5) is 0 Å². The molecule has 4 heteroatoms. The molecular weight excluding hydrogens is 272 g/mol. The van der Waals surface area contributed by atoms with E-state index in [4.69, 9.17) is 22.1 Å². The molecule has 20 heavy (non-hydrogen) atoms. The summed E-state index contributed by atoms with van der Waals surface area (Å²) in [5, 5.41) is 0.811. The Hall–Kier alpha value is -0.770. The Bertz CT molecular complexity index is 492. The predicted molar refractivity (Wildman–Crippen MR) is 82.3 cm³/mol. The molecule has 0 spiro atoms. The molecule has 1 aromatic rings. The SMILES string of the molecule is CN(Cc1cc(Cl)cc2c1OCC2)C1CCCCC1N. The molecule has 0 bridgehead atoms. The van der Waals surface area contributed by atoms with Crippen LogP contribution >= 0.6 is 11.6 Å². The van der Waals surface area contributed by atoms with E-state index >= 15 is 0 Å². The van der Waals surface area contributed by atoms with Crippen molar-refractivity contribution in [2.24, 2.45) is 5.73 Å². The molecule has 1 fully saturated rings. The average Bonchev–Trinajstić information content (AvgIpc) is 2.87. The Morgan fingerprint density at radius 1 is 1.35 bits per heavy atom. The highest BCUT2D eigenvalue weighted by molar-refractivity contribution is 6.30. The largest absolute Gasteiger partial charge is 0.493 e. The summed E-state index contributed by atoms with van der Waals surface area (Å²) < 4.78 is 5.78. The van der Waals surface area contributed by atoms with Gasteiger partial charge in [0.1, 0.15) is 5.75 Å². The second-order valence-electron chi connectivity index (χ2n) is 6.08. The van der Waals surface area contributed by atoms with Gasteiger partial charge in [0.05, 0.1) is 6.61 Å². The van der Waals surface area contributed by atoms with E-state index in [0.29, 0.717) is 12.1 Å². The Labute approximate surface area is 126 Å². The van der Waals surface area contributed by atoms with E-state index in [-0.39, 0.29) is 0 Å². The third kappa shape index (κ3) is 2.80. The van der Waals surface area contributed by atoms with Gasteiger partial charge >= 0.3 is 0 Å². The van der Waals surface area contributed by atoms with E-state index in [9.17, 15) is 0 Å². The van der Waals surface area contributed by atoms with Crippen molar-refractivity contribution >= 4 is 11.6 Å². The summed E-state index contributed by atoms with van der Waals surface area (Å²) >= 11 is 6.23. The molecule has 3 rings (SSSR count). The van der Waals surface area contributed by atoms with Crippen molar-refractivity contribution in [3.63, 3.8) is 0 Å². The van der Waals surface area contributed by atoms with Gasteiger partial charge in [0.2, 0.25) is 0 Å². The average molecular weight is 295 g/mol. The van der Waals surface area contributed by atoms with Gasteiger partial charge in [-0.15, -0.1) is 0 Å². The first-order valence-electron chi connectivity index (χ1n) is 7.55. The second-order valence-corrected chi connectivity index (χ2v) is 6.52. The standard InChI is InChI=1S/C16H23ClN2O/c1-19(15-5-3-2-4-14(15)18)10-12-9-13(17)8-11-6-7-20-16(11)12/h8-9,14-15H,2-7,10,18H2,1H3. The molecule has 1 aromatic carbocycles. The van der Waals surface area contributed by atoms with Crippen molar-refractivity contribution < 1.29 is 4.74 Å². The van der Waals surface area contributed by atoms with E-state index in [0.717, 1.165) is 36.8 Å². The third-order valence-corrected chi connectivity index (χ3v) is 4.81. The fourth-order valence-corrected chi connectivity index (χ4v) is 3.80. The number of nitrogens with zero attached hydrogens (tertiary/aromatic N) is 1. The summed E-state index contributed by atoms with van der Waals surface area (Å²) in [6.07, 6.45) is 5.85. The molecule has 0 aromatic heterocycles. The maximum atomic E-state index is 6.28. The molecule has 0 saturated heterocycles. The molecule has 2 N–H and O–H groups in total. The minimum atomic E-state index is 0.293. The van der Waals surface area contributed by atoms with Gasteiger partial charge in [0, 0.05) is 35.6 Å². The predicted octanol–water partition coefficient (Wildman–Crippen LogP) is 2.98. The summed E-state index contributed by atoms with van der Waals surface area (Å²) in [6, 6.07) is 4.83. The Morgan fingerprint density at radius 3 is 2.95 bits per heavy atom. The molecule has 0 amide bonds. The van der Waals surface area contributed by atoms with Crippen molar-refractivity contribution in [1.82, 2.24) is 4.90 Å². The van der Waals surface area contributed by atoms with Crippen LogP contribution in [-0.4, -0.2) is 30.6 Å². The van der Waals surface area contributed by atoms with Crippen LogP contribution in [0.2, 0.25) is 5.02 Å². The second kappa shape index (κ2) is 5.92. The Morgan fingerprint density at radius 2 is 2.15 bits per heavy atom. The molecule has 1 heterocycles. The number of nitrogens with two attached hydrogens (primary N) is 1. The zero-order chi connectivity index (χ0) is 14.1. The Kier molecular flexibility index (Phi) is 4.20. The lowest BCUT2D eigenvalue weighted by Crippen LogP contribution is -2.47. The third-order valence-electron chi connectivity index (χ3n) is 4.59. The van der Waals surface area contributed by atoms with Crippen molar-refractivity contribution in [2.75, 3.05) is 13.7 Å². The highest BCUT2D eigenvalue weighted by Crippen LogP contribution is 2.34. The van der Waals surface area contributed by atoms with Gasteiger partial charge in [-0.25, -0.2) is 0 Å². The Balaban J connectivity index is 1.77. The van der Waals surface area contributed by atoms with Gasteiger partial charge < -0.3 is 10.5 Å². The summed E-state index contributed by atoms with van der Waals surface area (Å²) in [7, 11) is 2.16. The van der Waals surface area contributed by atoms with Crippen molar-refractivity contribution in [2.45, 2.75) is 50.7 Å². The first kappa shape index (κ1) is 14.2. The molecule has 1 aliphatic carbocycles. The lowest BCUT2D eigenvalue weighted by molar-refractivity contribution is 0.161. The van der Waals surface area contributed by atoms with Crippen LogP contribution in [0.1, 0.15) is 36.8 Å². The summed E-state index contributed by atoms with van der Waals surface area (Å²) in [6.45, 7) is 1.64. The topological polar surface area (TPSA) is 38.5 Å². The monoisotopic (exact) mass is 294 g/mol. The van der Waals surface area contributed by atoms with Crippen LogP contribution in [-0.2, 0) is 13.0 Å². The quantitative estimate of drug-likeness (QED) is 0.931. The number of fused-ring (bicyclic) bond motifs is 1. The number of halogens is 1. The van der Waals surface area contributed by atoms with Crippen molar-refractivity contribution in [1.29, 1.82) is 0 Å². The van der Waals surface area contributed by atoms with E-state index < -0.39 is 0 Å². The van der Waals surface area contributed by atoms with Gasteiger partial charge in [-0.2, -0.15) is 0 Å². The van der Waals surface area contributed by atoms with Gasteiger partial charge in [0.15, 0.2) is 0 Å². The molecular formula is C16H23ClN2O. The molecule has 3 nitrogen and oxygen atoms in total. The first-order valence-corrected chi connectivity index (χ1v) is 7.93. The first-order chi connectivity index (χ1) is 9.65. The number of hydrogen-bond acceptors (Lipinski definition) is 3. The number of hydrogen-bond donors (Lipinski definition) is 1. The van der Waals surface area contributed by atoms with Gasteiger partial charge in [-0.1, -0.05) is 24.4 Å². The lowest BCUT2D eigenvalue weighted by Gasteiger charge is -2.36. The van der Waals surface area contributed by atoms with Gasteiger partial charge in [0.25, 0.3) is 0 Å². The number of likely N-dealkylation sites (N-methyl/N-ethyl adjacent to an activating group) is 1. The molecule has 2 aliphatic rings. The minimum Gasteiger partial charge on any atom is -0.493 e. The van der Waals surface area contributed by atoms with Crippen LogP contribution in [0, 0.1) is 0 Å². The molecule has 0 radical (unpaired) electrons. The van der Waals surface area contributed by atoms with E-state index in [2.05, 4.69) is 11.9 Å². The highest BCUT2D eigenvalue weighted by Gasteiger charge is 2.27.